The van der Waals surface area contributed by atoms with Crippen molar-refractivity contribution in [3.63, 3.8) is 0 Å². The lowest BCUT2D eigenvalue weighted by atomic mass is 9.91. The Balaban J connectivity index is 1.37. The van der Waals surface area contributed by atoms with Gasteiger partial charge < -0.3 is 15.5 Å². The number of amides is 1. The molecule has 156 valence electrons. The normalized spacial score (nSPS) is 18.8. The van der Waals surface area contributed by atoms with Crippen molar-refractivity contribution in [1.82, 2.24) is 10.3 Å². The summed E-state index contributed by atoms with van der Waals surface area (Å²) in [5.41, 5.74) is 2.48. The smallest absolute Gasteiger partial charge is 0.251 e. The second-order valence-corrected chi connectivity index (χ2v) is 8.11. The van der Waals surface area contributed by atoms with Crippen LogP contribution in [-0.2, 0) is 0 Å². The van der Waals surface area contributed by atoms with Gasteiger partial charge in [-0.25, -0.2) is 9.37 Å². The molecule has 1 aliphatic carbocycles. The van der Waals surface area contributed by atoms with E-state index < -0.39 is 5.82 Å². The molecule has 3 aromatic rings. The van der Waals surface area contributed by atoms with E-state index in [0.717, 1.165) is 48.1 Å². The van der Waals surface area contributed by atoms with E-state index in [0.29, 0.717) is 11.6 Å². The Kier molecular flexibility index (Phi) is 5.84. The van der Waals surface area contributed by atoms with Gasteiger partial charge in [-0.05, 0) is 49.9 Å². The molecule has 2 aromatic carbocycles. The van der Waals surface area contributed by atoms with Crippen LogP contribution in [0.3, 0.4) is 0 Å². The van der Waals surface area contributed by atoms with Crippen LogP contribution in [0.5, 0.6) is 0 Å². The SMILES string of the molecule is CN(C)c1cc(N[C@H]2CC[C@@H](NC(=O)c3cccc(F)c3)CC2)nc2ccccc12. The predicted molar refractivity (Wildman–Crippen MR) is 120 cm³/mol. The largest absolute Gasteiger partial charge is 0.377 e. The van der Waals surface area contributed by atoms with Gasteiger partial charge >= 0.3 is 0 Å². The number of benzene rings is 2. The summed E-state index contributed by atoms with van der Waals surface area (Å²) in [6, 6.07) is 16.5. The summed E-state index contributed by atoms with van der Waals surface area (Å²) >= 11 is 0. The number of halogens is 1. The number of rotatable bonds is 5. The summed E-state index contributed by atoms with van der Waals surface area (Å²) in [7, 11) is 4.08. The van der Waals surface area contributed by atoms with E-state index in [2.05, 4.69) is 27.7 Å². The van der Waals surface area contributed by atoms with Gasteiger partial charge in [0.2, 0.25) is 0 Å². The number of pyridine rings is 1. The number of anilines is 2. The third-order valence-corrected chi connectivity index (χ3v) is 5.68. The molecule has 0 bridgehead atoms. The summed E-state index contributed by atoms with van der Waals surface area (Å²) < 4.78 is 13.3. The zero-order valence-electron chi connectivity index (χ0n) is 17.4. The van der Waals surface area contributed by atoms with Gasteiger partial charge in [0.05, 0.1) is 5.52 Å². The first-order valence-corrected chi connectivity index (χ1v) is 10.4. The molecule has 0 radical (unpaired) electrons. The number of nitrogens with one attached hydrogen (secondary N) is 2. The van der Waals surface area contributed by atoms with Gasteiger partial charge in [0.15, 0.2) is 0 Å². The topological polar surface area (TPSA) is 57.3 Å². The Labute approximate surface area is 176 Å². The summed E-state index contributed by atoms with van der Waals surface area (Å²) in [5.74, 6) is 0.276. The minimum atomic E-state index is -0.393. The third kappa shape index (κ3) is 4.53. The van der Waals surface area contributed by atoms with Crippen molar-refractivity contribution in [3.05, 3.63) is 66.0 Å². The average molecular weight is 407 g/mol. The molecule has 1 aromatic heterocycles. The lowest BCUT2D eigenvalue weighted by Gasteiger charge is -2.30. The van der Waals surface area contributed by atoms with Crippen LogP contribution in [0, 0.1) is 5.82 Å². The highest BCUT2D eigenvalue weighted by atomic mass is 19.1. The molecule has 1 fully saturated rings. The summed E-state index contributed by atoms with van der Waals surface area (Å²) in [4.78, 5) is 19.2. The van der Waals surface area contributed by atoms with Crippen molar-refractivity contribution in [2.45, 2.75) is 37.8 Å². The fraction of sp³-hybridized carbons (Fsp3) is 0.333. The van der Waals surface area contributed by atoms with Crippen LogP contribution in [0.2, 0.25) is 0 Å². The first-order valence-electron chi connectivity index (χ1n) is 10.4. The molecule has 0 aliphatic heterocycles. The first-order chi connectivity index (χ1) is 14.5. The Morgan fingerprint density at radius 3 is 2.47 bits per heavy atom. The molecule has 0 atom stereocenters. The molecule has 30 heavy (non-hydrogen) atoms. The number of carbonyl (C=O) groups excluding carboxylic acids is 1. The molecule has 5 nitrogen and oxygen atoms in total. The molecule has 6 heteroatoms. The number of fused-ring (bicyclic) bond motifs is 1. The van der Waals surface area contributed by atoms with Crippen LogP contribution in [-0.4, -0.2) is 37.1 Å². The van der Waals surface area contributed by atoms with Gasteiger partial charge in [-0.1, -0.05) is 24.3 Å². The minimum Gasteiger partial charge on any atom is -0.377 e. The van der Waals surface area contributed by atoms with E-state index >= 15 is 0 Å². The van der Waals surface area contributed by atoms with Crippen LogP contribution in [0.25, 0.3) is 10.9 Å². The molecule has 0 saturated heterocycles. The lowest BCUT2D eigenvalue weighted by Crippen LogP contribution is -2.40. The maximum Gasteiger partial charge on any atom is 0.251 e. The number of para-hydroxylation sites is 1. The summed E-state index contributed by atoms with van der Waals surface area (Å²) in [6.07, 6.45) is 3.65. The molecule has 4 rings (SSSR count). The number of hydrogen-bond donors (Lipinski definition) is 2. The van der Waals surface area contributed by atoms with E-state index in [1.807, 2.05) is 32.3 Å². The average Bonchev–Trinajstić information content (AvgIpc) is 2.74. The van der Waals surface area contributed by atoms with Crippen LogP contribution < -0.4 is 15.5 Å². The number of hydrogen-bond acceptors (Lipinski definition) is 4. The molecular weight excluding hydrogens is 379 g/mol. The van der Waals surface area contributed by atoms with E-state index in [1.54, 1.807) is 12.1 Å². The molecule has 0 unspecified atom stereocenters. The van der Waals surface area contributed by atoms with Crippen molar-refractivity contribution < 1.29 is 9.18 Å². The molecule has 1 aliphatic rings. The monoisotopic (exact) mass is 406 g/mol. The second-order valence-electron chi connectivity index (χ2n) is 8.11. The van der Waals surface area contributed by atoms with Crippen molar-refractivity contribution in [2.75, 3.05) is 24.3 Å². The highest BCUT2D eigenvalue weighted by Crippen LogP contribution is 2.29. The number of nitrogens with zero attached hydrogens (tertiary/aromatic N) is 2. The van der Waals surface area contributed by atoms with Crippen molar-refractivity contribution >= 4 is 28.3 Å². The maximum absolute atomic E-state index is 13.3. The van der Waals surface area contributed by atoms with Crippen LogP contribution in [0.4, 0.5) is 15.9 Å². The van der Waals surface area contributed by atoms with Crippen molar-refractivity contribution in [1.29, 1.82) is 0 Å². The molecular formula is C24H27FN4O. The van der Waals surface area contributed by atoms with E-state index in [-0.39, 0.29) is 11.9 Å². The van der Waals surface area contributed by atoms with Crippen molar-refractivity contribution in [3.8, 4) is 0 Å². The Hall–Kier alpha value is -3.15. The third-order valence-electron chi connectivity index (χ3n) is 5.68. The van der Waals surface area contributed by atoms with E-state index in [4.69, 9.17) is 4.98 Å². The number of aromatic nitrogens is 1. The first kappa shape index (κ1) is 20.1. The fourth-order valence-electron chi connectivity index (χ4n) is 4.09. The zero-order valence-corrected chi connectivity index (χ0v) is 17.4. The highest BCUT2D eigenvalue weighted by Gasteiger charge is 2.23. The van der Waals surface area contributed by atoms with Crippen molar-refractivity contribution in [2.24, 2.45) is 0 Å². The Morgan fingerprint density at radius 2 is 1.73 bits per heavy atom. The lowest BCUT2D eigenvalue weighted by molar-refractivity contribution is 0.0926. The molecule has 1 heterocycles. The van der Waals surface area contributed by atoms with Gasteiger partial charge in [-0.2, -0.15) is 0 Å². The molecule has 2 N–H and O–H groups in total. The van der Waals surface area contributed by atoms with Gasteiger partial charge in [-0.3, -0.25) is 4.79 Å². The van der Waals surface area contributed by atoms with E-state index in [9.17, 15) is 9.18 Å². The Bertz CT molecular complexity index is 1040. The van der Waals surface area contributed by atoms with Crippen LogP contribution in [0.1, 0.15) is 36.0 Å². The zero-order chi connectivity index (χ0) is 21.1. The molecule has 1 saturated carbocycles. The molecule has 1 amide bonds. The molecule has 0 spiro atoms. The second kappa shape index (κ2) is 8.69. The van der Waals surface area contributed by atoms with Gasteiger partial charge in [0.25, 0.3) is 5.91 Å². The van der Waals surface area contributed by atoms with Gasteiger partial charge in [0.1, 0.15) is 11.6 Å². The number of carbonyl (C=O) groups is 1. The quantitative estimate of drug-likeness (QED) is 0.651. The standard InChI is InChI=1S/C24H27FN4O/c1-29(2)22-15-23(28-21-9-4-3-8-20(21)22)26-18-10-12-19(13-11-18)27-24(30)16-6-5-7-17(25)14-16/h3-9,14-15,18-19H,10-13H2,1-2H3,(H,26,28)(H,27,30)/t18-,19+. The van der Waals surface area contributed by atoms with Gasteiger partial charge in [-0.15, -0.1) is 0 Å². The fourth-order valence-corrected chi connectivity index (χ4v) is 4.09. The Morgan fingerprint density at radius 1 is 1.00 bits per heavy atom. The van der Waals surface area contributed by atoms with E-state index in [1.165, 1.54) is 12.1 Å². The van der Waals surface area contributed by atoms with Gasteiger partial charge in [0, 0.05) is 48.9 Å². The summed E-state index contributed by atoms with van der Waals surface area (Å²) in [6.45, 7) is 0. The predicted octanol–water partition coefficient (Wildman–Crippen LogP) is 4.59. The summed E-state index contributed by atoms with van der Waals surface area (Å²) in [5, 5.41) is 7.76. The highest BCUT2D eigenvalue weighted by molar-refractivity contribution is 5.94. The maximum atomic E-state index is 13.3. The van der Waals surface area contributed by atoms with Crippen LogP contribution in [0.15, 0.2) is 54.6 Å². The van der Waals surface area contributed by atoms with Crippen LogP contribution >= 0.6 is 0 Å². The minimum absolute atomic E-state index is 0.112.